The first-order valence-electron chi connectivity index (χ1n) is 7.48. The van der Waals surface area contributed by atoms with Gasteiger partial charge in [0.05, 0.1) is 0 Å². The monoisotopic (exact) mass is 272 g/mol. The molecular weight excluding hydrogens is 244 g/mol. The molecule has 0 saturated heterocycles. The third-order valence-corrected chi connectivity index (χ3v) is 9.60. The van der Waals surface area contributed by atoms with Gasteiger partial charge in [-0.25, -0.2) is 0 Å². The third-order valence-electron chi connectivity index (χ3n) is 5.25. The van der Waals surface area contributed by atoms with Crippen molar-refractivity contribution in [2.75, 3.05) is 0 Å². The predicted molar refractivity (Wildman–Crippen MR) is 88.7 cm³/mol. The minimum atomic E-state index is -1.52. The fraction of sp³-hybridized carbons (Fsp3) is 0.556. The Morgan fingerprint density at radius 3 is 1.26 bits per heavy atom. The van der Waals surface area contributed by atoms with Crippen LogP contribution in [0.1, 0.15) is 41.5 Å². The minimum Gasteiger partial charge on any atom is -0.0748 e. The van der Waals surface area contributed by atoms with E-state index in [1.165, 1.54) is 11.1 Å². The van der Waals surface area contributed by atoms with Crippen molar-refractivity contribution in [2.45, 2.75) is 54.6 Å². The smallest absolute Gasteiger partial charge is 0.0748 e. The van der Waals surface area contributed by atoms with Crippen LogP contribution in [-0.4, -0.2) is 8.07 Å². The predicted octanol–water partition coefficient (Wildman–Crippen LogP) is 5.60. The van der Waals surface area contributed by atoms with Crippen molar-refractivity contribution in [3.05, 3.63) is 44.8 Å². The quantitative estimate of drug-likeness (QED) is 0.574. The second kappa shape index (κ2) is 4.62. The van der Waals surface area contributed by atoms with E-state index in [-0.39, 0.29) is 0 Å². The van der Waals surface area contributed by atoms with E-state index in [4.69, 9.17) is 0 Å². The van der Waals surface area contributed by atoms with Gasteiger partial charge in [-0.3, -0.25) is 0 Å². The van der Waals surface area contributed by atoms with Gasteiger partial charge in [0, 0.05) is 0 Å². The Morgan fingerprint density at radius 1 is 0.737 bits per heavy atom. The van der Waals surface area contributed by atoms with Gasteiger partial charge < -0.3 is 0 Å². The normalized spacial score (nSPS) is 28.2. The maximum absolute atomic E-state index is 2.55. The highest BCUT2D eigenvalue weighted by molar-refractivity contribution is 6.91. The molecule has 0 fully saturated rings. The van der Waals surface area contributed by atoms with Crippen LogP contribution in [0.2, 0.25) is 13.1 Å². The summed E-state index contributed by atoms with van der Waals surface area (Å²) in [6.45, 7) is 19.1. The van der Waals surface area contributed by atoms with Gasteiger partial charge in [0.25, 0.3) is 0 Å². The molecule has 0 unspecified atom stereocenters. The Kier molecular flexibility index (Phi) is 3.55. The third kappa shape index (κ3) is 2.12. The summed E-state index contributed by atoms with van der Waals surface area (Å²) in [5, 5.41) is 3.52. The van der Waals surface area contributed by atoms with Gasteiger partial charge in [-0.2, -0.15) is 0 Å². The molecule has 2 aliphatic carbocycles. The van der Waals surface area contributed by atoms with Gasteiger partial charge in [-0.1, -0.05) is 71.8 Å². The SMILES string of the molecule is CC1=C[C@@H](C)C([Si](C)(C)C2=C(C)C(C)=C[C@@H]2C)=C1C. The topological polar surface area (TPSA) is 0 Å². The molecule has 0 spiro atoms. The van der Waals surface area contributed by atoms with Gasteiger partial charge in [-0.05, 0) is 39.5 Å². The standard InChI is InChI=1S/C18H28Si/c1-11-9-13(3)17(15(11)5)19(7,8)18-14(4)10-12(2)16(18)6/h9-10,13-14H,1-8H3/t13-,14+. The molecule has 0 aromatic rings. The summed E-state index contributed by atoms with van der Waals surface area (Å²) in [5.41, 5.74) is 6.13. The molecule has 2 atom stereocenters. The van der Waals surface area contributed by atoms with Crippen molar-refractivity contribution in [3.8, 4) is 0 Å². The van der Waals surface area contributed by atoms with Crippen LogP contribution in [0.5, 0.6) is 0 Å². The summed E-state index contributed by atoms with van der Waals surface area (Å²) in [4.78, 5) is 0. The van der Waals surface area contributed by atoms with Crippen molar-refractivity contribution in [1.29, 1.82) is 0 Å². The molecule has 1 heteroatoms. The fourth-order valence-corrected chi connectivity index (χ4v) is 9.50. The lowest BCUT2D eigenvalue weighted by Crippen LogP contribution is -2.37. The first-order valence-corrected chi connectivity index (χ1v) is 10.5. The molecule has 0 aromatic heterocycles. The average molecular weight is 273 g/mol. The molecule has 0 aromatic carbocycles. The van der Waals surface area contributed by atoms with Crippen LogP contribution >= 0.6 is 0 Å². The van der Waals surface area contributed by atoms with E-state index in [0.717, 1.165) is 0 Å². The van der Waals surface area contributed by atoms with Crippen LogP contribution < -0.4 is 0 Å². The second-order valence-corrected chi connectivity index (χ2v) is 11.3. The Morgan fingerprint density at radius 2 is 1.05 bits per heavy atom. The summed E-state index contributed by atoms with van der Waals surface area (Å²) in [7, 11) is -1.52. The molecule has 104 valence electrons. The van der Waals surface area contributed by atoms with Gasteiger partial charge in [0.1, 0.15) is 8.07 Å². The van der Waals surface area contributed by atoms with Gasteiger partial charge in [0.15, 0.2) is 0 Å². The molecule has 0 nitrogen and oxygen atoms in total. The summed E-state index contributed by atoms with van der Waals surface area (Å²) in [5.74, 6) is 1.27. The van der Waals surface area contributed by atoms with Crippen molar-refractivity contribution < 1.29 is 0 Å². The van der Waals surface area contributed by atoms with Crippen molar-refractivity contribution >= 4 is 8.07 Å². The van der Waals surface area contributed by atoms with Crippen LogP contribution in [0, 0.1) is 11.8 Å². The van der Waals surface area contributed by atoms with Crippen LogP contribution in [0.25, 0.3) is 0 Å². The van der Waals surface area contributed by atoms with Crippen LogP contribution in [-0.2, 0) is 0 Å². The molecule has 0 N–H and O–H groups in total. The lowest BCUT2D eigenvalue weighted by atomic mass is 10.2. The van der Waals surface area contributed by atoms with Gasteiger partial charge in [0.2, 0.25) is 0 Å². The second-order valence-electron chi connectivity index (χ2n) is 6.98. The average Bonchev–Trinajstić information content (AvgIpc) is 2.66. The Hall–Kier alpha value is -0.823. The summed E-state index contributed by atoms with van der Waals surface area (Å²) < 4.78 is 0. The highest BCUT2D eigenvalue weighted by atomic mass is 28.3. The molecule has 2 aliphatic rings. The molecule has 0 bridgehead atoms. The Balaban J connectivity index is 2.52. The molecule has 0 radical (unpaired) electrons. The zero-order valence-electron chi connectivity index (χ0n) is 13.8. The van der Waals surface area contributed by atoms with Gasteiger partial charge >= 0.3 is 0 Å². The molecule has 2 rings (SSSR count). The van der Waals surface area contributed by atoms with Crippen LogP contribution in [0.15, 0.2) is 44.8 Å². The highest BCUT2D eigenvalue weighted by Crippen LogP contribution is 2.45. The Bertz CT molecular complexity index is 490. The first kappa shape index (κ1) is 14.6. The van der Waals surface area contributed by atoms with Crippen LogP contribution in [0.3, 0.4) is 0 Å². The maximum atomic E-state index is 2.55. The number of hydrogen-bond acceptors (Lipinski definition) is 0. The number of rotatable bonds is 2. The number of allylic oxidation sites excluding steroid dienone is 8. The van der Waals surface area contributed by atoms with Gasteiger partial charge in [-0.15, -0.1) is 0 Å². The van der Waals surface area contributed by atoms with Crippen LogP contribution in [0.4, 0.5) is 0 Å². The molecular formula is C18H28Si. The largest absolute Gasteiger partial charge is 0.105 e. The van der Waals surface area contributed by atoms with E-state index in [0.29, 0.717) is 11.8 Å². The van der Waals surface area contributed by atoms with E-state index in [9.17, 15) is 0 Å². The van der Waals surface area contributed by atoms with E-state index in [1.807, 2.05) is 0 Å². The maximum Gasteiger partial charge on any atom is 0.105 e. The fourth-order valence-electron chi connectivity index (χ4n) is 4.50. The van der Waals surface area contributed by atoms with E-state index >= 15 is 0 Å². The zero-order chi connectivity index (χ0) is 14.5. The van der Waals surface area contributed by atoms with E-state index in [1.54, 1.807) is 21.5 Å². The van der Waals surface area contributed by atoms with Crippen molar-refractivity contribution in [1.82, 2.24) is 0 Å². The van der Waals surface area contributed by atoms with Crippen molar-refractivity contribution in [2.24, 2.45) is 11.8 Å². The Labute approximate surface area is 120 Å². The highest BCUT2D eigenvalue weighted by Gasteiger charge is 2.40. The summed E-state index contributed by atoms with van der Waals surface area (Å²) >= 11 is 0. The lowest BCUT2D eigenvalue weighted by Gasteiger charge is -2.33. The first-order chi connectivity index (χ1) is 8.67. The van der Waals surface area contributed by atoms with Crippen molar-refractivity contribution in [3.63, 3.8) is 0 Å². The molecule has 0 heterocycles. The zero-order valence-corrected chi connectivity index (χ0v) is 14.8. The summed E-state index contributed by atoms with van der Waals surface area (Å²) in [6, 6.07) is 0. The van der Waals surface area contributed by atoms with E-state index in [2.05, 4.69) is 66.8 Å². The minimum absolute atomic E-state index is 0.634. The lowest BCUT2D eigenvalue weighted by molar-refractivity contribution is 0.888. The summed E-state index contributed by atoms with van der Waals surface area (Å²) in [6.07, 6.45) is 4.91. The number of hydrogen-bond donors (Lipinski definition) is 0. The molecule has 0 saturated carbocycles. The molecule has 19 heavy (non-hydrogen) atoms. The molecule has 0 aliphatic heterocycles. The molecule has 0 amide bonds. The van der Waals surface area contributed by atoms with E-state index < -0.39 is 8.07 Å².